The van der Waals surface area contributed by atoms with Gasteiger partial charge in [-0.25, -0.2) is 0 Å². The van der Waals surface area contributed by atoms with E-state index in [0.29, 0.717) is 0 Å². The van der Waals surface area contributed by atoms with E-state index in [1.54, 1.807) is 6.92 Å². The van der Waals surface area contributed by atoms with Crippen LogP contribution in [0.4, 0.5) is 0 Å². The summed E-state index contributed by atoms with van der Waals surface area (Å²) in [5.74, 6) is -0.674. The third kappa shape index (κ3) is 4.39. The zero-order chi connectivity index (χ0) is 15.1. The highest BCUT2D eigenvalue weighted by atomic mass is 16.4. The fourth-order valence-electron chi connectivity index (χ4n) is 1.55. The number of rotatable bonds is 3. The monoisotopic (exact) mass is 273 g/mol. The van der Waals surface area contributed by atoms with Gasteiger partial charge < -0.3 is 9.67 Å². The zero-order valence-electron chi connectivity index (χ0n) is 12.0. The number of aryl methyl sites for hydroxylation is 2. The maximum atomic E-state index is 12.0. The van der Waals surface area contributed by atoms with Crippen molar-refractivity contribution < 1.29 is 14.7 Å². The minimum absolute atomic E-state index is 0.0718. The SMILES string of the molecule is CCC(=O)O.Cc1ccc(C(=O)c2cccn2C)cc1. The maximum absolute atomic E-state index is 12.0. The van der Waals surface area contributed by atoms with Gasteiger partial charge in [-0.15, -0.1) is 0 Å². The fourth-order valence-corrected chi connectivity index (χ4v) is 1.55. The van der Waals surface area contributed by atoms with E-state index < -0.39 is 5.97 Å². The van der Waals surface area contributed by atoms with Crippen molar-refractivity contribution in [2.75, 3.05) is 0 Å². The first-order valence-corrected chi connectivity index (χ1v) is 6.40. The highest BCUT2D eigenvalue weighted by molar-refractivity contribution is 6.07. The van der Waals surface area contributed by atoms with Crippen LogP contribution in [0.1, 0.15) is 35.0 Å². The molecule has 0 bridgehead atoms. The van der Waals surface area contributed by atoms with E-state index in [9.17, 15) is 9.59 Å². The summed E-state index contributed by atoms with van der Waals surface area (Å²) < 4.78 is 1.84. The van der Waals surface area contributed by atoms with Crippen molar-refractivity contribution in [2.24, 2.45) is 7.05 Å². The summed E-state index contributed by atoms with van der Waals surface area (Å²) in [5, 5.41) is 7.72. The Kier molecular flexibility index (Phi) is 5.72. The van der Waals surface area contributed by atoms with Crippen LogP contribution >= 0.6 is 0 Å². The van der Waals surface area contributed by atoms with Crippen LogP contribution in [-0.4, -0.2) is 21.4 Å². The second-order valence-electron chi connectivity index (χ2n) is 4.45. The smallest absolute Gasteiger partial charge is 0.303 e. The lowest BCUT2D eigenvalue weighted by Crippen LogP contribution is -2.06. The van der Waals surface area contributed by atoms with Crippen LogP contribution in [0.2, 0.25) is 0 Å². The summed E-state index contributed by atoms with van der Waals surface area (Å²) >= 11 is 0. The van der Waals surface area contributed by atoms with Gasteiger partial charge in [0.05, 0.1) is 5.69 Å². The normalized spacial score (nSPS) is 9.55. The van der Waals surface area contributed by atoms with Gasteiger partial charge in [-0.2, -0.15) is 0 Å². The van der Waals surface area contributed by atoms with Crippen molar-refractivity contribution in [1.29, 1.82) is 0 Å². The second kappa shape index (κ2) is 7.28. The van der Waals surface area contributed by atoms with Gasteiger partial charge in [0.2, 0.25) is 5.78 Å². The number of carbonyl (C=O) groups excluding carboxylic acids is 1. The van der Waals surface area contributed by atoms with Gasteiger partial charge in [-0.3, -0.25) is 9.59 Å². The van der Waals surface area contributed by atoms with Crippen molar-refractivity contribution in [2.45, 2.75) is 20.3 Å². The largest absolute Gasteiger partial charge is 0.481 e. The standard InChI is InChI=1S/C13H13NO.C3H6O2/c1-10-5-7-11(8-6-10)13(15)12-4-3-9-14(12)2;1-2-3(4)5/h3-9H,1-2H3;2H2,1H3,(H,4,5). The number of ketones is 1. The van der Waals surface area contributed by atoms with Crippen molar-refractivity contribution in [3.8, 4) is 0 Å². The molecule has 106 valence electrons. The molecule has 1 N–H and O–H groups in total. The molecule has 0 fully saturated rings. The number of hydrogen-bond acceptors (Lipinski definition) is 2. The van der Waals surface area contributed by atoms with Gasteiger partial charge in [0.1, 0.15) is 0 Å². The van der Waals surface area contributed by atoms with E-state index in [1.165, 1.54) is 5.56 Å². The number of benzene rings is 1. The highest BCUT2D eigenvalue weighted by Gasteiger charge is 2.10. The lowest BCUT2D eigenvalue weighted by atomic mass is 10.1. The molecule has 0 amide bonds. The maximum Gasteiger partial charge on any atom is 0.303 e. The molecule has 0 saturated carbocycles. The Morgan fingerprint density at radius 3 is 2.10 bits per heavy atom. The van der Waals surface area contributed by atoms with E-state index in [2.05, 4.69) is 0 Å². The molecule has 4 nitrogen and oxygen atoms in total. The Morgan fingerprint density at radius 2 is 1.70 bits per heavy atom. The van der Waals surface area contributed by atoms with Crippen LogP contribution in [0.25, 0.3) is 0 Å². The quantitative estimate of drug-likeness (QED) is 0.874. The molecule has 0 aliphatic rings. The van der Waals surface area contributed by atoms with Crippen LogP contribution in [0.5, 0.6) is 0 Å². The van der Waals surface area contributed by atoms with Crippen molar-refractivity contribution in [3.63, 3.8) is 0 Å². The number of hydrogen-bond donors (Lipinski definition) is 1. The van der Waals surface area contributed by atoms with Crippen LogP contribution < -0.4 is 0 Å². The summed E-state index contributed by atoms with van der Waals surface area (Å²) in [6.45, 7) is 3.61. The topological polar surface area (TPSA) is 59.3 Å². The molecule has 1 aromatic carbocycles. The Labute approximate surface area is 118 Å². The first-order chi connectivity index (χ1) is 9.45. The van der Waals surface area contributed by atoms with Gasteiger partial charge in [-0.1, -0.05) is 36.8 Å². The summed E-state index contributed by atoms with van der Waals surface area (Å²) in [6.07, 6.45) is 2.10. The van der Waals surface area contributed by atoms with Gasteiger partial charge in [0, 0.05) is 25.2 Å². The molecule has 0 saturated heterocycles. The molecule has 20 heavy (non-hydrogen) atoms. The third-order valence-electron chi connectivity index (χ3n) is 2.79. The average Bonchev–Trinajstić information content (AvgIpc) is 2.85. The van der Waals surface area contributed by atoms with Gasteiger partial charge >= 0.3 is 5.97 Å². The van der Waals surface area contributed by atoms with Gasteiger partial charge in [0.25, 0.3) is 0 Å². The lowest BCUT2D eigenvalue weighted by molar-refractivity contribution is -0.136. The number of carbonyl (C=O) groups is 2. The van der Waals surface area contributed by atoms with E-state index in [-0.39, 0.29) is 12.2 Å². The van der Waals surface area contributed by atoms with Gasteiger partial charge in [0.15, 0.2) is 0 Å². The molecular formula is C16H19NO3. The molecule has 0 spiro atoms. The van der Waals surface area contributed by atoms with Crippen LogP contribution in [0.3, 0.4) is 0 Å². The number of aromatic nitrogens is 1. The lowest BCUT2D eigenvalue weighted by Gasteiger charge is -2.02. The second-order valence-corrected chi connectivity index (χ2v) is 4.45. The molecule has 0 radical (unpaired) electrons. The van der Waals surface area contributed by atoms with Crippen LogP contribution in [-0.2, 0) is 11.8 Å². The summed E-state index contributed by atoms with van der Waals surface area (Å²) in [4.78, 5) is 21.4. The molecular weight excluding hydrogens is 254 g/mol. The predicted molar refractivity (Wildman–Crippen MR) is 78.0 cm³/mol. The molecule has 0 aliphatic carbocycles. The predicted octanol–water partition coefficient (Wildman–Crippen LogP) is 3.05. The summed E-state index contributed by atoms with van der Waals surface area (Å²) in [7, 11) is 1.88. The fraction of sp³-hybridized carbons (Fsp3) is 0.250. The Bertz CT molecular complexity index is 582. The summed E-state index contributed by atoms with van der Waals surface area (Å²) in [6, 6.07) is 11.4. The molecule has 0 atom stereocenters. The minimum Gasteiger partial charge on any atom is -0.481 e. The Balaban J connectivity index is 0.000000347. The first kappa shape index (κ1) is 15.7. The molecule has 0 aliphatic heterocycles. The molecule has 2 rings (SSSR count). The number of carboxylic acid groups (broad SMARTS) is 1. The van der Waals surface area contributed by atoms with E-state index in [4.69, 9.17) is 5.11 Å². The first-order valence-electron chi connectivity index (χ1n) is 6.40. The summed E-state index contributed by atoms with van der Waals surface area (Å²) in [5.41, 5.74) is 2.62. The third-order valence-corrected chi connectivity index (χ3v) is 2.79. The van der Waals surface area contributed by atoms with Crippen LogP contribution in [0, 0.1) is 6.92 Å². The molecule has 0 unspecified atom stereocenters. The number of carboxylic acids is 1. The highest BCUT2D eigenvalue weighted by Crippen LogP contribution is 2.10. The van der Waals surface area contributed by atoms with E-state index in [1.807, 2.05) is 61.1 Å². The Morgan fingerprint density at radius 1 is 1.15 bits per heavy atom. The molecule has 1 heterocycles. The molecule has 4 heteroatoms. The van der Waals surface area contributed by atoms with Crippen molar-refractivity contribution in [3.05, 3.63) is 59.4 Å². The van der Waals surface area contributed by atoms with E-state index in [0.717, 1.165) is 11.3 Å². The minimum atomic E-state index is -0.745. The average molecular weight is 273 g/mol. The Hall–Kier alpha value is -2.36. The van der Waals surface area contributed by atoms with Crippen molar-refractivity contribution >= 4 is 11.8 Å². The van der Waals surface area contributed by atoms with Crippen molar-refractivity contribution in [1.82, 2.24) is 4.57 Å². The van der Waals surface area contributed by atoms with E-state index >= 15 is 0 Å². The number of aliphatic carboxylic acids is 1. The zero-order valence-corrected chi connectivity index (χ0v) is 12.0. The van der Waals surface area contributed by atoms with Gasteiger partial charge in [-0.05, 0) is 19.1 Å². The molecule has 2 aromatic rings. The molecule has 1 aromatic heterocycles. The van der Waals surface area contributed by atoms with Crippen LogP contribution in [0.15, 0.2) is 42.6 Å². The number of nitrogens with zero attached hydrogens (tertiary/aromatic N) is 1.